The van der Waals surface area contributed by atoms with Crippen molar-refractivity contribution in [2.45, 2.75) is 64.8 Å². The van der Waals surface area contributed by atoms with Crippen LogP contribution in [0.3, 0.4) is 0 Å². The summed E-state index contributed by atoms with van der Waals surface area (Å²) in [5.74, 6) is 0. The second-order valence-corrected chi connectivity index (χ2v) is 7.36. The number of aryl methyl sites for hydroxylation is 1. The Bertz CT molecular complexity index is 396. The highest BCUT2D eigenvalue weighted by Crippen LogP contribution is 2.38. The number of aromatic nitrogens is 1. The van der Waals surface area contributed by atoms with Crippen LogP contribution < -0.4 is 11.1 Å². The number of hydrogen-bond donors (Lipinski definition) is 2. The van der Waals surface area contributed by atoms with Crippen LogP contribution in [0.5, 0.6) is 0 Å². The summed E-state index contributed by atoms with van der Waals surface area (Å²) < 4.78 is 0. The van der Waals surface area contributed by atoms with E-state index in [9.17, 15) is 0 Å². The van der Waals surface area contributed by atoms with Crippen LogP contribution in [-0.2, 0) is 6.42 Å². The zero-order chi connectivity index (χ0) is 14.4. The molecule has 1 unspecified atom stereocenters. The predicted molar refractivity (Wildman–Crippen MR) is 87.1 cm³/mol. The fourth-order valence-electron chi connectivity index (χ4n) is 3.19. The monoisotopic (exact) mass is 295 g/mol. The van der Waals surface area contributed by atoms with E-state index in [1.807, 2.05) is 17.5 Å². The van der Waals surface area contributed by atoms with E-state index in [1.54, 1.807) is 0 Å². The minimum atomic E-state index is 0.360. The Kier molecular flexibility index (Phi) is 6.00. The van der Waals surface area contributed by atoms with Gasteiger partial charge in [-0.3, -0.25) is 0 Å². The van der Waals surface area contributed by atoms with Crippen LogP contribution in [0.4, 0.5) is 0 Å². The third-order valence-electron chi connectivity index (χ3n) is 4.74. The Labute approximate surface area is 127 Å². The molecule has 1 heterocycles. The Balaban J connectivity index is 1.79. The third-order valence-corrected chi connectivity index (χ3v) is 6.07. The van der Waals surface area contributed by atoms with Crippen LogP contribution in [0.25, 0.3) is 0 Å². The summed E-state index contributed by atoms with van der Waals surface area (Å²) in [6.45, 7) is 6.30. The molecular formula is C16H29N3S. The molecule has 1 aromatic rings. The second-order valence-electron chi connectivity index (χ2n) is 6.21. The molecule has 2 rings (SSSR count). The first kappa shape index (κ1) is 15.9. The Morgan fingerprint density at radius 2 is 2.15 bits per heavy atom. The standard InChI is InChI=1S/C16H29N3S/c1-3-14-11-19-15(20-14)13(2)18-10-9-16(12-17)7-5-4-6-8-16/h11,13,18H,3-10,12,17H2,1-2H3. The highest BCUT2D eigenvalue weighted by atomic mass is 32.1. The van der Waals surface area contributed by atoms with E-state index in [0.29, 0.717) is 11.5 Å². The molecule has 0 aromatic carbocycles. The van der Waals surface area contributed by atoms with Crippen LogP contribution >= 0.6 is 11.3 Å². The van der Waals surface area contributed by atoms with Gasteiger partial charge in [-0.25, -0.2) is 4.98 Å². The quantitative estimate of drug-likeness (QED) is 0.807. The lowest BCUT2D eigenvalue weighted by Gasteiger charge is -2.36. The van der Waals surface area contributed by atoms with E-state index in [2.05, 4.69) is 24.1 Å². The molecule has 4 heteroatoms. The van der Waals surface area contributed by atoms with Gasteiger partial charge in [-0.15, -0.1) is 11.3 Å². The Morgan fingerprint density at radius 1 is 1.40 bits per heavy atom. The molecule has 0 bridgehead atoms. The normalized spacial score (nSPS) is 19.9. The number of nitrogens with one attached hydrogen (secondary N) is 1. The zero-order valence-corrected chi connectivity index (χ0v) is 13.8. The number of nitrogens with zero attached hydrogens (tertiary/aromatic N) is 1. The lowest BCUT2D eigenvalue weighted by molar-refractivity contribution is 0.179. The van der Waals surface area contributed by atoms with E-state index in [4.69, 9.17) is 5.73 Å². The van der Waals surface area contributed by atoms with E-state index in [1.165, 1.54) is 48.4 Å². The van der Waals surface area contributed by atoms with Gasteiger partial charge in [0.1, 0.15) is 5.01 Å². The number of nitrogens with two attached hydrogens (primary N) is 1. The van der Waals surface area contributed by atoms with Gasteiger partial charge in [0.2, 0.25) is 0 Å². The van der Waals surface area contributed by atoms with Crippen molar-refractivity contribution >= 4 is 11.3 Å². The first-order valence-corrected chi connectivity index (χ1v) is 8.89. The smallest absolute Gasteiger partial charge is 0.109 e. The summed E-state index contributed by atoms with van der Waals surface area (Å²) in [7, 11) is 0. The number of thiazole rings is 1. The molecule has 0 amide bonds. The van der Waals surface area contributed by atoms with E-state index in [-0.39, 0.29) is 0 Å². The topological polar surface area (TPSA) is 50.9 Å². The van der Waals surface area contributed by atoms with Gasteiger partial charge in [0.05, 0.1) is 6.04 Å². The summed E-state index contributed by atoms with van der Waals surface area (Å²) >= 11 is 1.83. The van der Waals surface area contributed by atoms with Gasteiger partial charge in [-0.05, 0) is 51.1 Å². The van der Waals surface area contributed by atoms with Crippen molar-refractivity contribution in [1.29, 1.82) is 0 Å². The van der Waals surface area contributed by atoms with Gasteiger partial charge < -0.3 is 11.1 Å². The number of rotatable bonds is 7. The summed E-state index contributed by atoms with van der Waals surface area (Å²) in [5.41, 5.74) is 6.45. The van der Waals surface area contributed by atoms with Crippen molar-refractivity contribution in [1.82, 2.24) is 10.3 Å². The average molecular weight is 295 g/mol. The van der Waals surface area contributed by atoms with Crippen molar-refractivity contribution < 1.29 is 0 Å². The first-order chi connectivity index (χ1) is 9.69. The maximum atomic E-state index is 6.05. The van der Waals surface area contributed by atoms with Crippen LogP contribution in [0.15, 0.2) is 6.20 Å². The average Bonchev–Trinajstić information content (AvgIpc) is 2.97. The molecule has 3 nitrogen and oxygen atoms in total. The van der Waals surface area contributed by atoms with Crippen molar-refractivity contribution in [3.8, 4) is 0 Å². The van der Waals surface area contributed by atoms with Crippen LogP contribution in [0, 0.1) is 5.41 Å². The second kappa shape index (κ2) is 7.53. The van der Waals surface area contributed by atoms with Gasteiger partial charge in [0, 0.05) is 11.1 Å². The van der Waals surface area contributed by atoms with Gasteiger partial charge in [-0.2, -0.15) is 0 Å². The molecule has 1 fully saturated rings. The number of hydrogen-bond acceptors (Lipinski definition) is 4. The molecule has 1 aromatic heterocycles. The molecule has 114 valence electrons. The molecule has 1 atom stereocenters. The lowest BCUT2D eigenvalue weighted by atomic mass is 9.72. The molecule has 1 aliphatic carbocycles. The van der Waals surface area contributed by atoms with Crippen molar-refractivity contribution in [2.24, 2.45) is 11.1 Å². The molecule has 1 aliphatic rings. The Hall–Kier alpha value is -0.450. The highest BCUT2D eigenvalue weighted by molar-refractivity contribution is 7.11. The molecule has 0 radical (unpaired) electrons. The van der Waals surface area contributed by atoms with E-state index in [0.717, 1.165) is 19.5 Å². The van der Waals surface area contributed by atoms with Gasteiger partial charge in [0.25, 0.3) is 0 Å². The molecule has 0 spiro atoms. The first-order valence-electron chi connectivity index (χ1n) is 8.07. The van der Waals surface area contributed by atoms with Crippen LogP contribution in [0.1, 0.15) is 68.3 Å². The van der Waals surface area contributed by atoms with Crippen molar-refractivity contribution in [2.75, 3.05) is 13.1 Å². The predicted octanol–water partition coefficient (Wildman–Crippen LogP) is 3.66. The maximum absolute atomic E-state index is 6.05. The molecule has 1 saturated carbocycles. The SMILES string of the molecule is CCc1cnc(C(C)NCCC2(CN)CCCCC2)s1. The molecular weight excluding hydrogens is 266 g/mol. The lowest BCUT2D eigenvalue weighted by Crippen LogP contribution is -2.36. The van der Waals surface area contributed by atoms with Gasteiger partial charge in [0.15, 0.2) is 0 Å². The largest absolute Gasteiger partial charge is 0.330 e. The van der Waals surface area contributed by atoms with Gasteiger partial charge >= 0.3 is 0 Å². The van der Waals surface area contributed by atoms with Crippen molar-refractivity contribution in [3.05, 3.63) is 16.1 Å². The molecule has 0 aliphatic heterocycles. The summed E-state index contributed by atoms with van der Waals surface area (Å²) in [6.07, 6.45) is 11.1. The molecule has 0 saturated heterocycles. The fraction of sp³-hybridized carbons (Fsp3) is 0.812. The van der Waals surface area contributed by atoms with Crippen molar-refractivity contribution in [3.63, 3.8) is 0 Å². The minimum Gasteiger partial charge on any atom is -0.330 e. The molecule has 20 heavy (non-hydrogen) atoms. The van der Waals surface area contributed by atoms with Crippen LogP contribution in [-0.4, -0.2) is 18.1 Å². The Morgan fingerprint density at radius 3 is 2.75 bits per heavy atom. The molecule has 3 N–H and O–H groups in total. The van der Waals surface area contributed by atoms with E-state index >= 15 is 0 Å². The fourth-order valence-corrected chi connectivity index (χ4v) is 4.07. The minimum absolute atomic E-state index is 0.360. The third kappa shape index (κ3) is 4.03. The zero-order valence-electron chi connectivity index (χ0n) is 13.0. The van der Waals surface area contributed by atoms with E-state index < -0.39 is 0 Å². The summed E-state index contributed by atoms with van der Waals surface area (Å²) in [6, 6.07) is 0.360. The highest BCUT2D eigenvalue weighted by Gasteiger charge is 2.30. The summed E-state index contributed by atoms with van der Waals surface area (Å²) in [4.78, 5) is 5.90. The van der Waals surface area contributed by atoms with Gasteiger partial charge in [-0.1, -0.05) is 26.2 Å². The maximum Gasteiger partial charge on any atom is 0.109 e. The summed E-state index contributed by atoms with van der Waals surface area (Å²) in [5, 5.41) is 4.85. The van der Waals surface area contributed by atoms with Crippen LogP contribution in [0.2, 0.25) is 0 Å².